The van der Waals surface area contributed by atoms with E-state index < -0.39 is 24.1 Å². The van der Waals surface area contributed by atoms with Crippen LogP contribution in [0.2, 0.25) is 0 Å². The fourth-order valence-electron chi connectivity index (χ4n) is 4.00. The highest BCUT2D eigenvalue weighted by Crippen LogP contribution is 2.31. The summed E-state index contributed by atoms with van der Waals surface area (Å²) < 4.78 is 24.0. The minimum atomic E-state index is -0.978. The first-order valence-corrected chi connectivity index (χ1v) is 10.8. The van der Waals surface area contributed by atoms with Crippen molar-refractivity contribution in [3.63, 3.8) is 0 Å². The molecule has 1 saturated carbocycles. The third-order valence-corrected chi connectivity index (χ3v) is 6.32. The zero-order valence-electron chi connectivity index (χ0n) is 18.1. The molecule has 1 aromatic carbocycles. The van der Waals surface area contributed by atoms with E-state index in [2.05, 4.69) is 19.2 Å². The lowest BCUT2D eigenvalue weighted by Crippen LogP contribution is -2.51. The highest BCUT2D eigenvalue weighted by molar-refractivity contribution is 6.27. The van der Waals surface area contributed by atoms with Crippen LogP contribution in [0.4, 0.5) is 4.39 Å². The van der Waals surface area contributed by atoms with Crippen LogP contribution in [0.25, 0.3) is 0 Å². The molecule has 2 amide bonds. The number of carbonyl (C=O) groups excluding carboxylic acids is 2. The summed E-state index contributed by atoms with van der Waals surface area (Å²) >= 11 is 5.85. The third kappa shape index (κ3) is 6.15. The van der Waals surface area contributed by atoms with Gasteiger partial charge in [0.25, 0.3) is 0 Å². The van der Waals surface area contributed by atoms with E-state index in [0.29, 0.717) is 17.4 Å². The van der Waals surface area contributed by atoms with Gasteiger partial charge in [0.1, 0.15) is 17.7 Å². The topological polar surface area (TPSA) is 67.9 Å². The lowest BCUT2D eigenvalue weighted by molar-refractivity contribution is -0.153. The molecular weight excluding hydrogens is 411 g/mol. The summed E-state index contributed by atoms with van der Waals surface area (Å²) in [6.07, 6.45) is 2.32. The lowest BCUT2D eigenvalue weighted by Gasteiger charge is -2.38. The van der Waals surface area contributed by atoms with Crippen LogP contribution < -0.4 is 5.32 Å². The molecule has 168 valence electrons. The first kappa shape index (κ1) is 24.6. The quantitative estimate of drug-likeness (QED) is 0.469. The molecule has 4 atom stereocenters. The van der Waals surface area contributed by atoms with Crippen molar-refractivity contribution in [2.45, 2.75) is 51.5 Å². The Morgan fingerprint density at radius 2 is 1.83 bits per heavy atom. The van der Waals surface area contributed by atoms with E-state index in [1.54, 1.807) is 0 Å². The van der Waals surface area contributed by atoms with E-state index in [4.69, 9.17) is 21.1 Å². The number of nitrogens with zero attached hydrogens (tertiary/aromatic N) is 1. The molecule has 1 aromatic rings. The van der Waals surface area contributed by atoms with Crippen molar-refractivity contribution >= 4 is 23.4 Å². The molecule has 1 aliphatic rings. The van der Waals surface area contributed by atoms with Gasteiger partial charge in [0, 0.05) is 20.3 Å². The van der Waals surface area contributed by atoms with Crippen molar-refractivity contribution in [1.29, 1.82) is 0 Å². The summed E-state index contributed by atoms with van der Waals surface area (Å²) in [6, 6.07) is 4.60. The van der Waals surface area contributed by atoms with Gasteiger partial charge in [0.05, 0.1) is 6.54 Å². The average Bonchev–Trinajstić information content (AvgIpc) is 2.74. The second-order valence-electron chi connectivity index (χ2n) is 7.92. The Bertz CT molecular complexity index is 699. The molecule has 1 aliphatic carbocycles. The number of methoxy groups -OCH3 is 2. The van der Waals surface area contributed by atoms with Gasteiger partial charge in [0.2, 0.25) is 11.8 Å². The van der Waals surface area contributed by atoms with Gasteiger partial charge in [-0.2, -0.15) is 0 Å². The highest BCUT2D eigenvalue weighted by Gasteiger charge is 2.36. The molecule has 0 radical (unpaired) electrons. The van der Waals surface area contributed by atoms with Crippen molar-refractivity contribution in [2.24, 2.45) is 11.8 Å². The molecule has 0 unspecified atom stereocenters. The first-order valence-electron chi connectivity index (χ1n) is 10.3. The third-order valence-electron chi connectivity index (χ3n) is 6.09. The molecular formula is C22H32ClFN2O4. The highest BCUT2D eigenvalue weighted by atomic mass is 35.5. The van der Waals surface area contributed by atoms with Gasteiger partial charge in [-0.15, -0.1) is 11.6 Å². The molecule has 1 N–H and O–H groups in total. The van der Waals surface area contributed by atoms with Gasteiger partial charge < -0.3 is 19.7 Å². The smallest absolute Gasteiger partial charge is 0.247 e. The van der Waals surface area contributed by atoms with E-state index >= 15 is 0 Å². The second kappa shape index (κ2) is 11.6. The minimum Gasteiger partial charge on any atom is -0.354 e. The summed E-state index contributed by atoms with van der Waals surface area (Å²) in [6.45, 7) is 4.32. The van der Waals surface area contributed by atoms with E-state index in [9.17, 15) is 14.0 Å². The maximum atomic E-state index is 13.5. The first-order chi connectivity index (χ1) is 14.3. The van der Waals surface area contributed by atoms with E-state index in [1.807, 2.05) is 0 Å². The standard InChI is InChI=1S/C22H32ClFN2O4/c1-14-6-5-7-18(15(14)2)25-22(28)21(16-8-10-17(24)11-9-16)26(19(27)12-23)13-20(29-3)30-4/h8-11,14-15,18,20-21H,5-7,12-13H2,1-4H3,(H,25,28)/t14-,15-,18+,21-/m0/s1. The molecule has 0 aliphatic heterocycles. The molecule has 0 saturated heterocycles. The predicted molar refractivity (Wildman–Crippen MR) is 113 cm³/mol. The minimum absolute atomic E-state index is 0.00460. The van der Waals surface area contributed by atoms with Crippen LogP contribution in [0.5, 0.6) is 0 Å². The van der Waals surface area contributed by atoms with Crippen LogP contribution in [-0.2, 0) is 19.1 Å². The fraction of sp³-hybridized carbons (Fsp3) is 0.636. The Morgan fingerprint density at radius 3 is 2.40 bits per heavy atom. The average molecular weight is 443 g/mol. The molecule has 2 rings (SSSR count). The molecule has 0 heterocycles. The van der Waals surface area contributed by atoms with Crippen molar-refractivity contribution in [3.8, 4) is 0 Å². The largest absolute Gasteiger partial charge is 0.354 e. The fourth-order valence-corrected chi connectivity index (χ4v) is 4.15. The van der Waals surface area contributed by atoms with Crippen LogP contribution in [0.3, 0.4) is 0 Å². The maximum absolute atomic E-state index is 13.5. The molecule has 0 bridgehead atoms. The van der Waals surface area contributed by atoms with Crippen LogP contribution in [0, 0.1) is 17.7 Å². The van der Waals surface area contributed by atoms with Crippen LogP contribution in [-0.4, -0.2) is 55.7 Å². The zero-order chi connectivity index (χ0) is 22.3. The number of ether oxygens (including phenoxy) is 2. The number of nitrogens with one attached hydrogen (secondary N) is 1. The van der Waals surface area contributed by atoms with Crippen molar-refractivity contribution in [3.05, 3.63) is 35.6 Å². The molecule has 0 spiro atoms. The molecule has 6 nitrogen and oxygen atoms in total. The van der Waals surface area contributed by atoms with Gasteiger partial charge in [-0.25, -0.2) is 4.39 Å². The Labute approximate surface area is 183 Å². The molecule has 30 heavy (non-hydrogen) atoms. The number of hydrogen-bond donors (Lipinski definition) is 1. The zero-order valence-corrected chi connectivity index (χ0v) is 18.8. The SMILES string of the molecule is COC(CN(C(=O)CCl)[C@H](C(=O)N[C@@H]1CCC[C@H](C)[C@@H]1C)c1ccc(F)cc1)OC. The summed E-state index contributed by atoms with van der Waals surface area (Å²) in [5.74, 6) is -0.668. The van der Waals surface area contributed by atoms with Gasteiger partial charge in [-0.3, -0.25) is 9.59 Å². The number of benzene rings is 1. The van der Waals surface area contributed by atoms with Crippen LogP contribution >= 0.6 is 11.6 Å². The number of rotatable bonds is 9. The predicted octanol–water partition coefficient (Wildman–Crippen LogP) is 3.49. The Morgan fingerprint density at radius 1 is 1.20 bits per heavy atom. The Balaban J connectivity index is 2.37. The van der Waals surface area contributed by atoms with E-state index in [1.165, 1.54) is 43.4 Å². The van der Waals surface area contributed by atoms with Gasteiger partial charge in [0.15, 0.2) is 6.29 Å². The van der Waals surface area contributed by atoms with E-state index in [0.717, 1.165) is 19.3 Å². The Hall–Kier alpha value is -1.70. The number of hydrogen-bond acceptors (Lipinski definition) is 4. The van der Waals surface area contributed by atoms with Crippen molar-refractivity contribution in [2.75, 3.05) is 26.6 Å². The summed E-state index contributed by atoms with van der Waals surface area (Å²) in [5, 5.41) is 3.13. The van der Waals surface area contributed by atoms with Crippen molar-refractivity contribution in [1.82, 2.24) is 10.2 Å². The Kier molecular flexibility index (Phi) is 9.52. The monoisotopic (exact) mass is 442 g/mol. The summed E-state index contributed by atoms with van der Waals surface area (Å²) in [4.78, 5) is 27.5. The molecule has 1 fully saturated rings. The van der Waals surface area contributed by atoms with Gasteiger partial charge in [-0.1, -0.05) is 38.8 Å². The van der Waals surface area contributed by atoms with Gasteiger partial charge in [-0.05, 0) is 36.0 Å². The lowest BCUT2D eigenvalue weighted by atomic mass is 9.78. The van der Waals surface area contributed by atoms with E-state index in [-0.39, 0.29) is 24.4 Å². The second-order valence-corrected chi connectivity index (χ2v) is 8.18. The summed E-state index contributed by atoms with van der Waals surface area (Å²) in [5.41, 5.74) is 0.495. The maximum Gasteiger partial charge on any atom is 0.247 e. The number of carbonyl (C=O) groups is 2. The number of alkyl halides is 1. The molecule has 0 aromatic heterocycles. The van der Waals surface area contributed by atoms with Crippen molar-refractivity contribution < 1.29 is 23.5 Å². The van der Waals surface area contributed by atoms with Crippen LogP contribution in [0.1, 0.15) is 44.7 Å². The normalized spacial score (nSPS) is 22.6. The number of halogens is 2. The van der Waals surface area contributed by atoms with Crippen LogP contribution in [0.15, 0.2) is 24.3 Å². The molecule has 8 heteroatoms. The number of amides is 2. The van der Waals surface area contributed by atoms with Gasteiger partial charge >= 0.3 is 0 Å². The summed E-state index contributed by atoms with van der Waals surface area (Å²) in [7, 11) is 2.91.